The number of benzene rings is 1. The lowest BCUT2D eigenvalue weighted by Crippen LogP contribution is -2.36. The third-order valence-electron chi connectivity index (χ3n) is 3.83. The molecule has 2 aromatic rings. The van der Waals surface area contributed by atoms with E-state index in [-0.39, 0.29) is 36.0 Å². The van der Waals surface area contributed by atoms with Gasteiger partial charge in [0.1, 0.15) is 5.76 Å². The number of nitrogens with one attached hydrogen (secondary N) is 2. The molecule has 0 radical (unpaired) electrons. The SMILES string of the molecule is Cc1cc(NC(=O)CSCC(=O)OCC(=O)N[C@@H](C)CCc2ccccc2)no1. The summed E-state index contributed by atoms with van der Waals surface area (Å²) in [7, 11) is 0. The number of amides is 2. The molecule has 0 spiro atoms. The number of rotatable bonds is 11. The topological polar surface area (TPSA) is 111 Å². The summed E-state index contributed by atoms with van der Waals surface area (Å²) < 4.78 is 9.78. The monoisotopic (exact) mass is 419 g/mol. The predicted molar refractivity (Wildman–Crippen MR) is 111 cm³/mol. The lowest BCUT2D eigenvalue weighted by Gasteiger charge is -2.14. The maximum absolute atomic E-state index is 11.9. The van der Waals surface area contributed by atoms with Crippen LogP contribution in [0.3, 0.4) is 0 Å². The van der Waals surface area contributed by atoms with Gasteiger partial charge in [-0.1, -0.05) is 35.5 Å². The highest BCUT2D eigenvalue weighted by Crippen LogP contribution is 2.09. The number of aromatic nitrogens is 1. The predicted octanol–water partition coefficient (Wildman–Crippen LogP) is 2.34. The van der Waals surface area contributed by atoms with Crippen molar-refractivity contribution in [2.24, 2.45) is 0 Å². The van der Waals surface area contributed by atoms with Gasteiger partial charge < -0.3 is 19.9 Å². The Hall–Kier alpha value is -2.81. The molecule has 2 amide bonds. The van der Waals surface area contributed by atoms with Gasteiger partial charge in [0.25, 0.3) is 5.91 Å². The summed E-state index contributed by atoms with van der Waals surface area (Å²) in [6.07, 6.45) is 1.65. The van der Waals surface area contributed by atoms with Gasteiger partial charge in [-0.05, 0) is 32.3 Å². The molecule has 1 aromatic heterocycles. The number of aryl methyl sites for hydroxylation is 2. The van der Waals surface area contributed by atoms with E-state index in [1.165, 1.54) is 5.56 Å². The lowest BCUT2D eigenvalue weighted by molar-refractivity contribution is -0.146. The fraction of sp³-hybridized carbons (Fsp3) is 0.400. The Bertz CT molecular complexity index is 809. The highest BCUT2D eigenvalue weighted by Gasteiger charge is 2.12. The third kappa shape index (κ3) is 9.29. The molecule has 0 aliphatic carbocycles. The molecule has 156 valence electrons. The number of carbonyl (C=O) groups excluding carboxylic acids is 3. The van der Waals surface area contributed by atoms with Gasteiger partial charge in [0, 0.05) is 12.1 Å². The van der Waals surface area contributed by atoms with Gasteiger partial charge in [-0.3, -0.25) is 14.4 Å². The van der Waals surface area contributed by atoms with Crippen LogP contribution in [0, 0.1) is 6.92 Å². The minimum atomic E-state index is -0.549. The molecule has 2 N–H and O–H groups in total. The van der Waals surface area contributed by atoms with Crippen molar-refractivity contribution >= 4 is 35.4 Å². The van der Waals surface area contributed by atoms with Crippen LogP contribution >= 0.6 is 11.8 Å². The number of thioether (sulfide) groups is 1. The van der Waals surface area contributed by atoms with E-state index in [0.29, 0.717) is 11.6 Å². The van der Waals surface area contributed by atoms with E-state index in [4.69, 9.17) is 9.26 Å². The Morgan fingerprint density at radius 2 is 1.93 bits per heavy atom. The number of anilines is 1. The van der Waals surface area contributed by atoms with E-state index in [1.807, 2.05) is 37.3 Å². The zero-order valence-electron chi connectivity index (χ0n) is 16.5. The summed E-state index contributed by atoms with van der Waals surface area (Å²) in [5.41, 5.74) is 1.21. The van der Waals surface area contributed by atoms with E-state index in [9.17, 15) is 14.4 Å². The van der Waals surface area contributed by atoms with E-state index >= 15 is 0 Å². The molecular weight excluding hydrogens is 394 g/mol. The average Bonchev–Trinajstić information content (AvgIpc) is 3.10. The zero-order valence-corrected chi connectivity index (χ0v) is 17.3. The van der Waals surface area contributed by atoms with Crippen LogP contribution in [0.25, 0.3) is 0 Å². The highest BCUT2D eigenvalue weighted by molar-refractivity contribution is 8.00. The first-order chi connectivity index (χ1) is 13.9. The number of esters is 1. The summed E-state index contributed by atoms with van der Waals surface area (Å²) in [6.45, 7) is 3.29. The van der Waals surface area contributed by atoms with Gasteiger partial charge in [-0.15, -0.1) is 11.8 Å². The third-order valence-corrected chi connectivity index (χ3v) is 4.74. The van der Waals surface area contributed by atoms with Gasteiger partial charge in [-0.2, -0.15) is 0 Å². The largest absolute Gasteiger partial charge is 0.455 e. The van der Waals surface area contributed by atoms with Crippen LogP contribution < -0.4 is 10.6 Å². The van der Waals surface area contributed by atoms with Crippen LogP contribution in [0.15, 0.2) is 40.9 Å². The molecule has 0 aliphatic rings. The fourth-order valence-corrected chi connectivity index (χ4v) is 3.05. The molecule has 8 nitrogen and oxygen atoms in total. The molecule has 9 heteroatoms. The lowest BCUT2D eigenvalue weighted by atomic mass is 10.1. The fourth-order valence-electron chi connectivity index (χ4n) is 2.44. The molecule has 0 aliphatic heterocycles. The molecule has 1 aromatic carbocycles. The molecule has 0 fully saturated rings. The minimum Gasteiger partial charge on any atom is -0.455 e. The standard InChI is InChI=1S/C20H25N3O5S/c1-14(8-9-16-6-4-3-5-7-16)21-18(24)11-27-20(26)13-29-12-19(25)22-17-10-15(2)28-23-17/h3-7,10,14H,8-9,11-13H2,1-2H3,(H,21,24)(H,22,23,25)/t14-/m0/s1. The van der Waals surface area contributed by atoms with E-state index < -0.39 is 5.97 Å². The quantitative estimate of drug-likeness (QED) is 0.538. The Kier molecular flexibility index (Phi) is 9.23. The van der Waals surface area contributed by atoms with Crippen LogP contribution in [0.4, 0.5) is 5.82 Å². The number of ether oxygens (including phenoxy) is 1. The first-order valence-electron chi connectivity index (χ1n) is 9.22. The number of hydrogen-bond acceptors (Lipinski definition) is 7. The molecule has 0 unspecified atom stereocenters. The Morgan fingerprint density at radius 3 is 2.62 bits per heavy atom. The van der Waals surface area contributed by atoms with E-state index in [1.54, 1.807) is 13.0 Å². The summed E-state index contributed by atoms with van der Waals surface area (Å²) in [4.78, 5) is 35.3. The van der Waals surface area contributed by atoms with Crippen molar-refractivity contribution in [3.63, 3.8) is 0 Å². The van der Waals surface area contributed by atoms with E-state index in [2.05, 4.69) is 15.8 Å². The Morgan fingerprint density at radius 1 is 1.17 bits per heavy atom. The van der Waals surface area contributed by atoms with E-state index in [0.717, 1.165) is 24.6 Å². The minimum absolute atomic E-state index is 0.0257. The molecule has 29 heavy (non-hydrogen) atoms. The van der Waals surface area contributed by atoms with Gasteiger partial charge in [0.2, 0.25) is 5.91 Å². The van der Waals surface area contributed by atoms with Crippen LogP contribution in [-0.2, 0) is 25.5 Å². The molecule has 0 saturated heterocycles. The van der Waals surface area contributed by atoms with Crippen molar-refractivity contribution in [3.8, 4) is 0 Å². The summed E-state index contributed by atoms with van der Waals surface area (Å²) >= 11 is 1.09. The maximum atomic E-state index is 11.9. The van der Waals surface area contributed by atoms with Crippen molar-refractivity contribution in [2.75, 3.05) is 23.4 Å². The second kappa shape index (κ2) is 11.9. The second-order valence-corrected chi connectivity index (χ2v) is 7.50. The van der Waals surface area contributed by atoms with Gasteiger partial charge in [0.05, 0.1) is 11.5 Å². The van der Waals surface area contributed by atoms with Gasteiger partial charge in [-0.25, -0.2) is 0 Å². The zero-order chi connectivity index (χ0) is 21.1. The molecule has 1 heterocycles. The van der Waals surface area contributed by atoms with Gasteiger partial charge >= 0.3 is 5.97 Å². The number of hydrogen-bond donors (Lipinski definition) is 2. The van der Waals surface area contributed by atoms with Crippen molar-refractivity contribution in [2.45, 2.75) is 32.7 Å². The maximum Gasteiger partial charge on any atom is 0.316 e. The summed E-state index contributed by atoms with van der Waals surface area (Å²) in [6, 6.07) is 11.6. The van der Waals surface area contributed by atoms with Crippen LogP contribution in [0.1, 0.15) is 24.7 Å². The molecular formula is C20H25N3O5S. The van der Waals surface area contributed by atoms with Crippen molar-refractivity contribution in [3.05, 3.63) is 47.7 Å². The first-order valence-corrected chi connectivity index (χ1v) is 10.4. The normalized spacial score (nSPS) is 11.5. The number of nitrogens with zero attached hydrogens (tertiary/aromatic N) is 1. The smallest absolute Gasteiger partial charge is 0.316 e. The van der Waals surface area contributed by atoms with Crippen molar-refractivity contribution < 1.29 is 23.6 Å². The van der Waals surface area contributed by atoms with Crippen molar-refractivity contribution in [1.82, 2.24) is 10.5 Å². The molecule has 0 bridgehead atoms. The average molecular weight is 420 g/mol. The summed E-state index contributed by atoms with van der Waals surface area (Å²) in [5.74, 6) is -0.250. The van der Waals surface area contributed by atoms with Gasteiger partial charge in [0.15, 0.2) is 12.4 Å². The van der Waals surface area contributed by atoms with Crippen LogP contribution in [0.2, 0.25) is 0 Å². The highest BCUT2D eigenvalue weighted by atomic mass is 32.2. The van der Waals surface area contributed by atoms with Crippen molar-refractivity contribution in [1.29, 1.82) is 0 Å². The number of carbonyl (C=O) groups is 3. The molecule has 1 atom stereocenters. The Balaban J connectivity index is 1.54. The first kappa shape index (κ1) is 22.5. The molecule has 2 rings (SSSR count). The van der Waals surface area contributed by atoms with Crippen LogP contribution in [0.5, 0.6) is 0 Å². The van der Waals surface area contributed by atoms with Crippen LogP contribution in [-0.4, -0.2) is 47.1 Å². The Labute approximate surface area is 173 Å². The molecule has 0 saturated carbocycles. The summed E-state index contributed by atoms with van der Waals surface area (Å²) in [5, 5.41) is 9.01. The second-order valence-electron chi connectivity index (χ2n) is 6.52.